The van der Waals surface area contributed by atoms with E-state index in [1.807, 2.05) is 4.98 Å². The van der Waals surface area contributed by atoms with Crippen molar-refractivity contribution in [1.29, 1.82) is 0 Å². The zero-order chi connectivity index (χ0) is 21.2. The van der Waals surface area contributed by atoms with Gasteiger partial charge in [0.2, 0.25) is 0 Å². The van der Waals surface area contributed by atoms with Crippen molar-refractivity contribution in [3.8, 4) is 0 Å². The summed E-state index contributed by atoms with van der Waals surface area (Å²) in [5.74, 6) is -0.658. The van der Waals surface area contributed by atoms with Crippen LogP contribution in [0, 0.1) is 0 Å². The van der Waals surface area contributed by atoms with Crippen LogP contribution in [0.4, 0.5) is 0 Å². The minimum atomic E-state index is -0.702. The van der Waals surface area contributed by atoms with Crippen molar-refractivity contribution < 1.29 is 9.53 Å². The standard InChI is InChI=1S/C23H40N2O4/c1-2-3-4-5-6-7-8-9-10-11-12-13-14-15-16-17-18-29-22(27)20-19-21(26)25-23(28)24-20/h19H,2-18H2,1H3,(H2,24,25,26,28). The Hall–Kier alpha value is -1.85. The van der Waals surface area contributed by atoms with Crippen LogP contribution in [0.1, 0.15) is 120 Å². The monoisotopic (exact) mass is 408 g/mol. The first-order valence-corrected chi connectivity index (χ1v) is 11.6. The number of rotatable bonds is 18. The zero-order valence-electron chi connectivity index (χ0n) is 18.2. The maximum atomic E-state index is 11.8. The molecule has 0 aliphatic rings. The summed E-state index contributed by atoms with van der Waals surface area (Å²) < 4.78 is 5.10. The predicted molar refractivity (Wildman–Crippen MR) is 118 cm³/mol. The summed E-state index contributed by atoms with van der Waals surface area (Å²) in [6.07, 6.45) is 20.7. The van der Waals surface area contributed by atoms with Crippen molar-refractivity contribution in [3.05, 3.63) is 32.6 Å². The van der Waals surface area contributed by atoms with E-state index in [1.165, 1.54) is 83.5 Å². The first-order chi connectivity index (χ1) is 14.1. The fourth-order valence-corrected chi connectivity index (χ4v) is 3.47. The highest BCUT2D eigenvalue weighted by atomic mass is 16.5. The van der Waals surface area contributed by atoms with Crippen LogP contribution in [0.15, 0.2) is 15.7 Å². The molecule has 0 saturated carbocycles. The van der Waals surface area contributed by atoms with E-state index in [2.05, 4.69) is 11.9 Å². The van der Waals surface area contributed by atoms with Gasteiger partial charge in [0.05, 0.1) is 6.61 Å². The minimum Gasteiger partial charge on any atom is -0.461 e. The summed E-state index contributed by atoms with van der Waals surface area (Å²) in [4.78, 5) is 38.3. The van der Waals surface area contributed by atoms with Crippen molar-refractivity contribution in [2.45, 2.75) is 110 Å². The van der Waals surface area contributed by atoms with Crippen molar-refractivity contribution >= 4 is 5.97 Å². The normalized spacial score (nSPS) is 10.9. The Morgan fingerprint density at radius 3 is 1.62 bits per heavy atom. The summed E-state index contributed by atoms with van der Waals surface area (Å²) in [7, 11) is 0. The molecule has 1 heterocycles. The molecule has 0 radical (unpaired) electrons. The second-order valence-electron chi connectivity index (χ2n) is 7.94. The Kier molecular flexibility index (Phi) is 14.8. The van der Waals surface area contributed by atoms with Gasteiger partial charge >= 0.3 is 11.7 Å². The number of H-pyrrole nitrogens is 2. The van der Waals surface area contributed by atoms with Gasteiger partial charge < -0.3 is 9.72 Å². The Bertz CT molecular complexity index is 623. The van der Waals surface area contributed by atoms with Crippen molar-refractivity contribution in [3.63, 3.8) is 0 Å². The van der Waals surface area contributed by atoms with Crippen molar-refractivity contribution in [2.24, 2.45) is 0 Å². The minimum absolute atomic E-state index is 0.102. The summed E-state index contributed by atoms with van der Waals surface area (Å²) in [6, 6.07) is 1.04. The lowest BCUT2D eigenvalue weighted by Gasteiger charge is -2.05. The van der Waals surface area contributed by atoms with Gasteiger partial charge in [-0.1, -0.05) is 103 Å². The zero-order valence-corrected chi connectivity index (χ0v) is 18.2. The predicted octanol–water partition coefficient (Wildman–Crippen LogP) is 5.48. The van der Waals surface area contributed by atoms with Gasteiger partial charge in [0.1, 0.15) is 5.69 Å². The number of carbonyl (C=O) groups excluding carboxylic acids is 1. The van der Waals surface area contributed by atoms with Crippen LogP contribution in [-0.2, 0) is 4.74 Å². The number of hydrogen-bond donors (Lipinski definition) is 2. The van der Waals surface area contributed by atoms with Gasteiger partial charge in [-0.05, 0) is 6.42 Å². The molecule has 0 atom stereocenters. The van der Waals surface area contributed by atoms with E-state index < -0.39 is 17.2 Å². The highest BCUT2D eigenvalue weighted by molar-refractivity contribution is 5.86. The Labute approximate surface area is 174 Å². The van der Waals surface area contributed by atoms with Gasteiger partial charge in [-0.25, -0.2) is 9.59 Å². The second kappa shape index (κ2) is 17.0. The van der Waals surface area contributed by atoms with Crippen LogP contribution < -0.4 is 11.2 Å². The van der Waals surface area contributed by atoms with E-state index in [0.717, 1.165) is 25.3 Å². The lowest BCUT2D eigenvalue weighted by atomic mass is 10.0. The molecular weight excluding hydrogens is 368 g/mol. The molecule has 0 fully saturated rings. The van der Waals surface area contributed by atoms with E-state index in [-0.39, 0.29) is 5.69 Å². The fraction of sp³-hybridized carbons (Fsp3) is 0.783. The van der Waals surface area contributed by atoms with Gasteiger partial charge in [0.25, 0.3) is 5.56 Å². The molecule has 1 aromatic rings. The first-order valence-electron chi connectivity index (χ1n) is 11.6. The van der Waals surface area contributed by atoms with E-state index in [1.54, 1.807) is 0 Å². The maximum Gasteiger partial charge on any atom is 0.355 e. The van der Waals surface area contributed by atoms with E-state index in [4.69, 9.17) is 4.74 Å². The fourth-order valence-electron chi connectivity index (χ4n) is 3.47. The third-order valence-electron chi connectivity index (χ3n) is 5.21. The number of carbonyl (C=O) groups is 1. The topological polar surface area (TPSA) is 92.0 Å². The number of aromatic amines is 2. The van der Waals surface area contributed by atoms with Crippen LogP contribution in [-0.4, -0.2) is 22.5 Å². The smallest absolute Gasteiger partial charge is 0.355 e. The molecular formula is C23H40N2O4. The van der Waals surface area contributed by atoms with Gasteiger partial charge in [0.15, 0.2) is 0 Å². The van der Waals surface area contributed by atoms with Gasteiger partial charge in [-0.15, -0.1) is 0 Å². The molecule has 29 heavy (non-hydrogen) atoms. The summed E-state index contributed by atoms with van der Waals surface area (Å²) in [6.45, 7) is 2.58. The Morgan fingerprint density at radius 2 is 1.17 bits per heavy atom. The highest BCUT2D eigenvalue weighted by Crippen LogP contribution is 2.13. The van der Waals surface area contributed by atoms with Gasteiger partial charge in [0, 0.05) is 6.07 Å². The number of aromatic nitrogens is 2. The van der Waals surface area contributed by atoms with Gasteiger partial charge in [-0.3, -0.25) is 9.78 Å². The molecule has 0 saturated heterocycles. The summed E-state index contributed by atoms with van der Waals surface area (Å²) in [5, 5.41) is 0. The molecule has 0 bridgehead atoms. The molecule has 6 heteroatoms. The number of hydrogen-bond acceptors (Lipinski definition) is 4. The Balaban J connectivity index is 1.85. The van der Waals surface area contributed by atoms with E-state index >= 15 is 0 Å². The molecule has 0 aliphatic carbocycles. The number of esters is 1. The largest absolute Gasteiger partial charge is 0.461 e. The molecule has 6 nitrogen and oxygen atoms in total. The molecule has 0 unspecified atom stereocenters. The molecule has 166 valence electrons. The third-order valence-corrected chi connectivity index (χ3v) is 5.21. The average Bonchev–Trinajstić information content (AvgIpc) is 2.69. The lowest BCUT2D eigenvalue weighted by molar-refractivity contribution is 0.0490. The third kappa shape index (κ3) is 13.9. The number of nitrogens with one attached hydrogen (secondary N) is 2. The van der Waals surface area contributed by atoms with Crippen LogP contribution >= 0.6 is 0 Å². The molecule has 1 rings (SSSR count). The summed E-state index contributed by atoms with van der Waals surface area (Å²) in [5.41, 5.74) is -1.41. The van der Waals surface area contributed by atoms with E-state index in [9.17, 15) is 14.4 Å². The quantitative estimate of drug-likeness (QED) is 0.248. The van der Waals surface area contributed by atoms with Crippen LogP contribution in [0.3, 0.4) is 0 Å². The molecule has 1 aromatic heterocycles. The molecule has 0 aliphatic heterocycles. The first kappa shape index (κ1) is 25.2. The van der Waals surface area contributed by atoms with Crippen LogP contribution in [0.2, 0.25) is 0 Å². The van der Waals surface area contributed by atoms with Crippen LogP contribution in [0.5, 0.6) is 0 Å². The van der Waals surface area contributed by atoms with Gasteiger partial charge in [-0.2, -0.15) is 0 Å². The highest BCUT2D eigenvalue weighted by Gasteiger charge is 2.09. The lowest BCUT2D eigenvalue weighted by Crippen LogP contribution is -2.25. The number of unbranched alkanes of at least 4 members (excludes halogenated alkanes) is 15. The van der Waals surface area contributed by atoms with Crippen LogP contribution in [0.25, 0.3) is 0 Å². The van der Waals surface area contributed by atoms with E-state index in [0.29, 0.717) is 6.61 Å². The molecule has 0 aromatic carbocycles. The molecule has 0 amide bonds. The van der Waals surface area contributed by atoms with Crippen molar-refractivity contribution in [1.82, 2.24) is 9.97 Å². The molecule has 2 N–H and O–H groups in total. The number of ether oxygens (including phenoxy) is 1. The summed E-state index contributed by atoms with van der Waals surface area (Å²) >= 11 is 0. The van der Waals surface area contributed by atoms with Crippen molar-refractivity contribution in [2.75, 3.05) is 6.61 Å². The second-order valence-corrected chi connectivity index (χ2v) is 7.94. The SMILES string of the molecule is CCCCCCCCCCCCCCCCCCOC(=O)c1cc(=O)[nH]c(=O)[nH]1. The Morgan fingerprint density at radius 1 is 0.724 bits per heavy atom. The average molecular weight is 409 g/mol. The molecule has 0 spiro atoms. The maximum absolute atomic E-state index is 11.8.